The molecule has 2 nitrogen and oxygen atoms in total. The Labute approximate surface area is 54.1 Å². The SMILES string of the molecule is Cc1coc(CO)c1C. The molecule has 50 valence electrons. The van der Waals surface area contributed by atoms with E-state index in [1.165, 1.54) is 0 Å². The first-order chi connectivity index (χ1) is 4.25. The number of aliphatic hydroxyl groups excluding tert-OH is 1. The molecule has 0 aromatic carbocycles. The highest BCUT2D eigenvalue weighted by Crippen LogP contribution is 2.13. The number of aryl methyl sites for hydroxylation is 1. The van der Waals surface area contributed by atoms with Crippen LogP contribution in [0.15, 0.2) is 10.7 Å². The number of aliphatic hydroxyl groups is 1. The van der Waals surface area contributed by atoms with Gasteiger partial charge in [0.15, 0.2) is 0 Å². The van der Waals surface area contributed by atoms with Gasteiger partial charge in [0.1, 0.15) is 12.4 Å². The number of rotatable bonds is 1. The van der Waals surface area contributed by atoms with Gasteiger partial charge in [0.05, 0.1) is 6.26 Å². The molecule has 1 N–H and O–H groups in total. The van der Waals surface area contributed by atoms with Crippen LogP contribution in [-0.2, 0) is 6.61 Å². The van der Waals surface area contributed by atoms with Gasteiger partial charge in [0.2, 0.25) is 0 Å². The summed E-state index contributed by atoms with van der Waals surface area (Å²) in [5, 5.41) is 8.64. The quantitative estimate of drug-likeness (QED) is 0.616. The van der Waals surface area contributed by atoms with E-state index in [-0.39, 0.29) is 6.61 Å². The molecular weight excluding hydrogens is 116 g/mol. The Morgan fingerprint density at radius 3 is 2.44 bits per heavy atom. The van der Waals surface area contributed by atoms with Gasteiger partial charge in [-0.05, 0) is 25.0 Å². The van der Waals surface area contributed by atoms with Crippen LogP contribution in [0, 0.1) is 13.8 Å². The molecule has 0 radical (unpaired) electrons. The lowest BCUT2D eigenvalue weighted by atomic mass is 10.2. The summed E-state index contributed by atoms with van der Waals surface area (Å²) in [4.78, 5) is 0. The summed E-state index contributed by atoms with van der Waals surface area (Å²) in [5.74, 6) is 0.674. The third-order valence-corrected chi connectivity index (χ3v) is 1.53. The fourth-order valence-electron chi connectivity index (χ4n) is 0.712. The highest BCUT2D eigenvalue weighted by atomic mass is 16.4. The van der Waals surface area contributed by atoms with Crippen LogP contribution in [0.3, 0.4) is 0 Å². The minimum atomic E-state index is -0.000324. The predicted octanol–water partition coefficient (Wildman–Crippen LogP) is 1.39. The van der Waals surface area contributed by atoms with Gasteiger partial charge < -0.3 is 9.52 Å². The van der Waals surface area contributed by atoms with Crippen LogP contribution in [0.4, 0.5) is 0 Å². The summed E-state index contributed by atoms with van der Waals surface area (Å²) in [5.41, 5.74) is 2.15. The average Bonchev–Trinajstić information content (AvgIpc) is 2.15. The van der Waals surface area contributed by atoms with E-state index in [0.29, 0.717) is 5.76 Å². The van der Waals surface area contributed by atoms with Crippen molar-refractivity contribution < 1.29 is 9.52 Å². The lowest BCUT2D eigenvalue weighted by molar-refractivity contribution is 0.246. The molecule has 0 saturated heterocycles. The standard InChI is InChI=1S/C7H10O2/c1-5-4-9-7(3-8)6(5)2/h4,8H,3H2,1-2H3. The van der Waals surface area contributed by atoms with E-state index in [1.54, 1.807) is 6.26 Å². The Hall–Kier alpha value is -0.760. The van der Waals surface area contributed by atoms with Crippen molar-refractivity contribution in [1.82, 2.24) is 0 Å². The summed E-state index contributed by atoms with van der Waals surface area (Å²) in [6.07, 6.45) is 1.65. The Balaban J connectivity index is 3.04. The number of hydrogen-bond donors (Lipinski definition) is 1. The molecule has 0 amide bonds. The summed E-state index contributed by atoms with van der Waals surface area (Å²) in [7, 11) is 0. The maximum Gasteiger partial charge on any atom is 0.132 e. The minimum absolute atomic E-state index is 0.000324. The molecule has 0 aliphatic heterocycles. The molecule has 0 spiro atoms. The Bertz CT molecular complexity index is 201. The molecule has 0 atom stereocenters. The van der Waals surface area contributed by atoms with E-state index >= 15 is 0 Å². The first-order valence-corrected chi connectivity index (χ1v) is 2.90. The zero-order valence-corrected chi connectivity index (χ0v) is 5.64. The molecule has 1 aromatic rings. The van der Waals surface area contributed by atoms with Gasteiger partial charge in [0.25, 0.3) is 0 Å². The number of hydrogen-bond acceptors (Lipinski definition) is 2. The van der Waals surface area contributed by atoms with Crippen molar-refractivity contribution in [2.45, 2.75) is 20.5 Å². The fourth-order valence-corrected chi connectivity index (χ4v) is 0.712. The van der Waals surface area contributed by atoms with Crippen molar-refractivity contribution in [1.29, 1.82) is 0 Å². The molecule has 2 heteroatoms. The van der Waals surface area contributed by atoms with Crippen molar-refractivity contribution in [3.05, 3.63) is 23.2 Å². The van der Waals surface area contributed by atoms with Crippen molar-refractivity contribution >= 4 is 0 Å². The molecule has 1 aromatic heterocycles. The zero-order chi connectivity index (χ0) is 6.85. The van der Waals surface area contributed by atoms with E-state index in [9.17, 15) is 0 Å². The molecule has 9 heavy (non-hydrogen) atoms. The molecule has 0 fully saturated rings. The van der Waals surface area contributed by atoms with Gasteiger partial charge in [-0.1, -0.05) is 0 Å². The molecule has 0 unspecified atom stereocenters. The Morgan fingerprint density at radius 1 is 1.56 bits per heavy atom. The first kappa shape index (κ1) is 6.36. The third-order valence-electron chi connectivity index (χ3n) is 1.53. The van der Waals surface area contributed by atoms with E-state index in [0.717, 1.165) is 11.1 Å². The van der Waals surface area contributed by atoms with Crippen molar-refractivity contribution in [3.8, 4) is 0 Å². The molecule has 1 rings (SSSR count). The first-order valence-electron chi connectivity index (χ1n) is 2.90. The second-order valence-electron chi connectivity index (χ2n) is 2.13. The van der Waals surface area contributed by atoms with Gasteiger partial charge in [-0.15, -0.1) is 0 Å². The molecule has 0 aliphatic rings. The third kappa shape index (κ3) is 0.980. The van der Waals surface area contributed by atoms with Crippen LogP contribution < -0.4 is 0 Å². The van der Waals surface area contributed by atoms with Crippen LogP contribution in [0.1, 0.15) is 16.9 Å². The maximum absolute atomic E-state index is 8.64. The lowest BCUT2D eigenvalue weighted by Gasteiger charge is -1.89. The zero-order valence-electron chi connectivity index (χ0n) is 5.64. The Morgan fingerprint density at radius 2 is 2.22 bits per heavy atom. The fraction of sp³-hybridized carbons (Fsp3) is 0.429. The molecule has 1 heterocycles. The van der Waals surface area contributed by atoms with Gasteiger partial charge in [-0.2, -0.15) is 0 Å². The normalized spacial score (nSPS) is 10.1. The molecular formula is C7H10O2. The topological polar surface area (TPSA) is 33.4 Å². The largest absolute Gasteiger partial charge is 0.466 e. The second kappa shape index (κ2) is 2.23. The lowest BCUT2D eigenvalue weighted by Crippen LogP contribution is -1.81. The van der Waals surface area contributed by atoms with Crippen LogP contribution >= 0.6 is 0 Å². The van der Waals surface area contributed by atoms with Gasteiger partial charge in [-0.3, -0.25) is 0 Å². The average molecular weight is 126 g/mol. The smallest absolute Gasteiger partial charge is 0.132 e. The highest BCUT2D eigenvalue weighted by molar-refractivity contribution is 5.24. The summed E-state index contributed by atoms with van der Waals surface area (Å²) in [6, 6.07) is 0. The maximum atomic E-state index is 8.64. The van der Waals surface area contributed by atoms with Gasteiger partial charge >= 0.3 is 0 Å². The van der Waals surface area contributed by atoms with Crippen LogP contribution in [-0.4, -0.2) is 5.11 Å². The summed E-state index contributed by atoms with van der Waals surface area (Å²) >= 11 is 0. The predicted molar refractivity (Wildman–Crippen MR) is 34.1 cm³/mol. The summed E-state index contributed by atoms with van der Waals surface area (Å²) in [6.45, 7) is 3.89. The van der Waals surface area contributed by atoms with Crippen LogP contribution in [0.2, 0.25) is 0 Å². The monoisotopic (exact) mass is 126 g/mol. The minimum Gasteiger partial charge on any atom is -0.466 e. The van der Waals surface area contributed by atoms with Gasteiger partial charge in [-0.25, -0.2) is 0 Å². The van der Waals surface area contributed by atoms with Crippen LogP contribution in [0.5, 0.6) is 0 Å². The van der Waals surface area contributed by atoms with E-state index in [4.69, 9.17) is 9.52 Å². The van der Waals surface area contributed by atoms with Crippen molar-refractivity contribution in [2.75, 3.05) is 0 Å². The highest BCUT2D eigenvalue weighted by Gasteiger charge is 2.02. The summed E-state index contributed by atoms with van der Waals surface area (Å²) < 4.78 is 4.99. The van der Waals surface area contributed by atoms with Gasteiger partial charge in [0, 0.05) is 0 Å². The molecule has 0 saturated carbocycles. The molecule has 0 bridgehead atoms. The Kier molecular flexibility index (Phi) is 1.58. The molecule has 0 aliphatic carbocycles. The van der Waals surface area contributed by atoms with Crippen molar-refractivity contribution in [2.24, 2.45) is 0 Å². The van der Waals surface area contributed by atoms with E-state index in [2.05, 4.69) is 0 Å². The van der Waals surface area contributed by atoms with E-state index < -0.39 is 0 Å². The van der Waals surface area contributed by atoms with Crippen molar-refractivity contribution in [3.63, 3.8) is 0 Å². The second-order valence-corrected chi connectivity index (χ2v) is 2.13. The van der Waals surface area contributed by atoms with Crippen LogP contribution in [0.25, 0.3) is 0 Å². The number of furan rings is 1. The van der Waals surface area contributed by atoms with E-state index in [1.807, 2.05) is 13.8 Å².